The van der Waals surface area contributed by atoms with Crippen LogP contribution in [0.4, 0.5) is 0 Å². The van der Waals surface area contributed by atoms with Gasteiger partial charge in [0.15, 0.2) is 0 Å². The van der Waals surface area contributed by atoms with E-state index in [4.69, 9.17) is 15.6 Å². The molecule has 1 aromatic carbocycles. The quantitative estimate of drug-likeness (QED) is 0.818. The summed E-state index contributed by atoms with van der Waals surface area (Å²) in [5, 5.41) is 9.15. The maximum atomic E-state index is 9.15. The van der Waals surface area contributed by atoms with Gasteiger partial charge in [-0.25, -0.2) is 0 Å². The fourth-order valence-electron chi connectivity index (χ4n) is 2.13. The summed E-state index contributed by atoms with van der Waals surface area (Å²) in [4.78, 5) is 0. The van der Waals surface area contributed by atoms with Gasteiger partial charge in [0.25, 0.3) is 0 Å². The van der Waals surface area contributed by atoms with E-state index in [1.54, 1.807) is 6.92 Å². The van der Waals surface area contributed by atoms with Gasteiger partial charge in [0.05, 0.1) is 6.10 Å². The second kappa shape index (κ2) is 4.85. The molecule has 2 unspecified atom stereocenters. The molecule has 2 rings (SSSR count). The summed E-state index contributed by atoms with van der Waals surface area (Å²) in [7, 11) is 0. The number of aliphatic hydroxyl groups is 1. The second-order valence-corrected chi connectivity index (χ2v) is 4.52. The maximum absolute atomic E-state index is 9.15. The van der Waals surface area contributed by atoms with Crippen molar-refractivity contribution in [2.75, 3.05) is 6.61 Å². The van der Waals surface area contributed by atoms with Crippen LogP contribution in [0.25, 0.3) is 0 Å². The van der Waals surface area contributed by atoms with E-state index in [0.717, 1.165) is 25.0 Å². The van der Waals surface area contributed by atoms with Gasteiger partial charge < -0.3 is 15.6 Å². The highest BCUT2D eigenvalue weighted by molar-refractivity contribution is 5.38. The van der Waals surface area contributed by atoms with Crippen molar-refractivity contribution in [1.82, 2.24) is 0 Å². The lowest BCUT2D eigenvalue weighted by Gasteiger charge is -2.22. The molecule has 0 saturated heterocycles. The Morgan fingerprint density at radius 3 is 3.12 bits per heavy atom. The van der Waals surface area contributed by atoms with E-state index in [-0.39, 0.29) is 6.04 Å². The Morgan fingerprint density at radius 1 is 1.56 bits per heavy atom. The maximum Gasteiger partial charge on any atom is 0.119 e. The topological polar surface area (TPSA) is 55.5 Å². The smallest absolute Gasteiger partial charge is 0.119 e. The molecule has 0 amide bonds. The summed E-state index contributed by atoms with van der Waals surface area (Å²) in [5.41, 5.74) is 8.58. The van der Waals surface area contributed by atoms with Gasteiger partial charge in [0, 0.05) is 6.04 Å². The van der Waals surface area contributed by atoms with E-state index in [2.05, 4.69) is 12.1 Å². The Hall–Kier alpha value is -1.06. The van der Waals surface area contributed by atoms with Crippen molar-refractivity contribution in [3.63, 3.8) is 0 Å². The van der Waals surface area contributed by atoms with Gasteiger partial charge >= 0.3 is 0 Å². The largest absolute Gasteiger partial charge is 0.491 e. The number of benzene rings is 1. The van der Waals surface area contributed by atoms with Crippen molar-refractivity contribution in [2.45, 2.75) is 38.3 Å². The number of fused-ring (bicyclic) bond motifs is 1. The first-order valence-electron chi connectivity index (χ1n) is 5.86. The first-order chi connectivity index (χ1) is 7.66. The predicted molar refractivity (Wildman–Crippen MR) is 63.5 cm³/mol. The molecule has 0 radical (unpaired) electrons. The molecule has 3 N–H and O–H groups in total. The summed E-state index contributed by atoms with van der Waals surface area (Å²) >= 11 is 0. The summed E-state index contributed by atoms with van der Waals surface area (Å²) in [6, 6.07) is 6.22. The van der Waals surface area contributed by atoms with Crippen LogP contribution in [-0.2, 0) is 6.42 Å². The molecule has 0 bridgehead atoms. The molecule has 3 nitrogen and oxygen atoms in total. The number of hydrogen-bond donors (Lipinski definition) is 2. The number of nitrogens with two attached hydrogens (primary N) is 1. The van der Waals surface area contributed by atoms with Crippen molar-refractivity contribution >= 4 is 0 Å². The normalized spacial score (nSPS) is 21.3. The van der Waals surface area contributed by atoms with E-state index in [0.29, 0.717) is 6.61 Å². The third kappa shape index (κ3) is 2.54. The third-order valence-electron chi connectivity index (χ3n) is 2.97. The molecule has 0 saturated carbocycles. The third-order valence-corrected chi connectivity index (χ3v) is 2.97. The molecule has 0 heterocycles. The first-order valence-corrected chi connectivity index (χ1v) is 5.86. The SMILES string of the molecule is CC(O)COc1ccc2c(c1)CCCC2N. The summed E-state index contributed by atoms with van der Waals surface area (Å²) in [6.45, 7) is 2.05. The lowest BCUT2D eigenvalue weighted by molar-refractivity contribution is 0.122. The fraction of sp³-hybridized carbons (Fsp3) is 0.538. The zero-order chi connectivity index (χ0) is 11.5. The first kappa shape index (κ1) is 11.4. The Morgan fingerprint density at radius 2 is 2.38 bits per heavy atom. The standard InChI is InChI=1S/C13H19NO2/c1-9(15)8-16-11-5-6-12-10(7-11)3-2-4-13(12)14/h5-7,9,13,15H,2-4,8,14H2,1H3. The van der Waals surface area contributed by atoms with E-state index in [9.17, 15) is 0 Å². The highest BCUT2D eigenvalue weighted by atomic mass is 16.5. The van der Waals surface area contributed by atoms with Gasteiger partial charge in [-0.2, -0.15) is 0 Å². The van der Waals surface area contributed by atoms with Crippen LogP contribution < -0.4 is 10.5 Å². The number of aryl methyl sites for hydroxylation is 1. The average Bonchev–Trinajstić information content (AvgIpc) is 2.26. The van der Waals surface area contributed by atoms with Crippen LogP contribution in [0.3, 0.4) is 0 Å². The Labute approximate surface area is 96.2 Å². The van der Waals surface area contributed by atoms with Crippen LogP contribution in [0.5, 0.6) is 5.75 Å². The minimum atomic E-state index is -0.432. The van der Waals surface area contributed by atoms with Crippen LogP contribution in [0.1, 0.15) is 36.9 Å². The van der Waals surface area contributed by atoms with Gasteiger partial charge in [-0.05, 0) is 49.4 Å². The molecule has 0 spiro atoms. The van der Waals surface area contributed by atoms with Crippen LogP contribution in [-0.4, -0.2) is 17.8 Å². The van der Waals surface area contributed by atoms with Gasteiger partial charge in [-0.15, -0.1) is 0 Å². The highest BCUT2D eigenvalue weighted by Crippen LogP contribution is 2.30. The lowest BCUT2D eigenvalue weighted by atomic mass is 9.88. The number of hydrogen-bond acceptors (Lipinski definition) is 3. The van der Waals surface area contributed by atoms with Gasteiger partial charge in [-0.3, -0.25) is 0 Å². The van der Waals surface area contributed by atoms with Crippen LogP contribution >= 0.6 is 0 Å². The zero-order valence-corrected chi connectivity index (χ0v) is 9.65. The minimum Gasteiger partial charge on any atom is -0.491 e. The summed E-state index contributed by atoms with van der Waals surface area (Å²) in [5.74, 6) is 0.828. The van der Waals surface area contributed by atoms with E-state index in [1.807, 2.05) is 6.07 Å². The summed E-state index contributed by atoms with van der Waals surface area (Å²) < 4.78 is 5.48. The highest BCUT2D eigenvalue weighted by Gasteiger charge is 2.16. The van der Waals surface area contributed by atoms with Crippen molar-refractivity contribution < 1.29 is 9.84 Å². The number of rotatable bonds is 3. The molecule has 88 valence electrons. The fourth-order valence-corrected chi connectivity index (χ4v) is 2.13. The number of ether oxygens (including phenoxy) is 1. The second-order valence-electron chi connectivity index (χ2n) is 4.52. The zero-order valence-electron chi connectivity index (χ0n) is 9.65. The molecule has 0 fully saturated rings. The van der Waals surface area contributed by atoms with Gasteiger partial charge in [-0.1, -0.05) is 6.07 Å². The van der Waals surface area contributed by atoms with Crippen molar-refractivity contribution in [3.05, 3.63) is 29.3 Å². The van der Waals surface area contributed by atoms with E-state index in [1.165, 1.54) is 11.1 Å². The molecule has 1 aliphatic rings. The van der Waals surface area contributed by atoms with Crippen molar-refractivity contribution in [1.29, 1.82) is 0 Å². The molecule has 3 heteroatoms. The Balaban J connectivity index is 2.12. The van der Waals surface area contributed by atoms with Crippen molar-refractivity contribution in [3.8, 4) is 5.75 Å². The molecule has 0 aromatic heterocycles. The van der Waals surface area contributed by atoms with E-state index >= 15 is 0 Å². The molecular weight excluding hydrogens is 202 g/mol. The van der Waals surface area contributed by atoms with Crippen LogP contribution in [0.2, 0.25) is 0 Å². The van der Waals surface area contributed by atoms with E-state index < -0.39 is 6.10 Å². The molecular formula is C13H19NO2. The van der Waals surface area contributed by atoms with Crippen molar-refractivity contribution in [2.24, 2.45) is 5.73 Å². The van der Waals surface area contributed by atoms with Gasteiger partial charge in [0.1, 0.15) is 12.4 Å². The van der Waals surface area contributed by atoms with Crippen LogP contribution in [0.15, 0.2) is 18.2 Å². The molecule has 1 aromatic rings. The Kier molecular flexibility index (Phi) is 3.46. The summed E-state index contributed by atoms with van der Waals surface area (Å²) in [6.07, 6.45) is 2.86. The number of aliphatic hydroxyl groups excluding tert-OH is 1. The molecule has 1 aliphatic carbocycles. The Bertz CT molecular complexity index is 363. The van der Waals surface area contributed by atoms with Gasteiger partial charge in [0.2, 0.25) is 0 Å². The van der Waals surface area contributed by atoms with Crippen LogP contribution in [0, 0.1) is 0 Å². The molecule has 0 aliphatic heterocycles. The molecule has 16 heavy (non-hydrogen) atoms. The average molecular weight is 221 g/mol. The molecule has 2 atom stereocenters. The monoisotopic (exact) mass is 221 g/mol. The lowest BCUT2D eigenvalue weighted by Crippen LogP contribution is -2.18. The predicted octanol–water partition coefficient (Wildman–Crippen LogP) is 1.78. The minimum absolute atomic E-state index is 0.176.